The van der Waals surface area contributed by atoms with Gasteiger partial charge < -0.3 is 10.2 Å². The second-order valence-corrected chi connectivity index (χ2v) is 4.31. The number of nitrogens with zero attached hydrogens (tertiary/aromatic N) is 3. The van der Waals surface area contributed by atoms with Crippen LogP contribution in [-0.2, 0) is 6.54 Å². The molecule has 0 saturated carbocycles. The first-order chi connectivity index (χ1) is 8.66. The molecule has 0 aliphatic carbocycles. The fraction of sp³-hybridized carbons (Fsp3) is 0.364. The lowest BCUT2D eigenvalue weighted by molar-refractivity contribution is -0.405. The van der Waals surface area contributed by atoms with Gasteiger partial charge in [-0.2, -0.15) is 0 Å². The van der Waals surface area contributed by atoms with Gasteiger partial charge in [-0.05, 0) is 12.5 Å². The van der Waals surface area contributed by atoms with Crippen LogP contribution in [0.15, 0.2) is 30.4 Å². The van der Waals surface area contributed by atoms with Crippen LogP contribution < -0.4 is 5.32 Å². The van der Waals surface area contributed by atoms with Crippen LogP contribution in [0.25, 0.3) is 0 Å². The van der Waals surface area contributed by atoms with Gasteiger partial charge in [0, 0.05) is 31.4 Å². The zero-order valence-corrected chi connectivity index (χ0v) is 10.4. The first-order valence-electron chi connectivity index (χ1n) is 5.60. The smallest absolute Gasteiger partial charge is 0.274 e. The minimum atomic E-state index is -0.453. The van der Waals surface area contributed by atoms with Crippen LogP contribution in [0.5, 0.6) is 0 Å². The summed E-state index contributed by atoms with van der Waals surface area (Å²) in [5, 5.41) is 14.0. The summed E-state index contributed by atoms with van der Waals surface area (Å²) in [6.45, 7) is 2.02. The van der Waals surface area contributed by atoms with E-state index in [4.69, 9.17) is 11.6 Å². The molecule has 0 bridgehead atoms. The zero-order chi connectivity index (χ0) is 13.0. The first-order valence-corrected chi connectivity index (χ1v) is 5.98. The van der Waals surface area contributed by atoms with Crippen LogP contribution in [0.4, 0.5) is 0 Å². The molecule has 1 aromatic heterocycles. The Hall–Kier alpha value is -1.82. The van der Waals surface area contributed by atoms with Gasteiger partial charge in [0.1, 0.15) is 5.15 Å². The third-order valence-corrected chi connectivity index (χ3v) is 3.02. The van der Waals surface area contributed by atoms with Crippen molar-refractivity contribution in [3.8, 4) is 0 Å². The number of hydrogen-bond acceptors (Lipinski definition) is 5. The molecule has 18 heavy (non-hydrogen) atoms. The lowest BCUT2D eigenvalue weighted by atomic mass is 10.2. The van der Waals surface area contributed by atoms with Gasteiger partial charge in [0.25, 0.3) is 6.20 Å². The Morgan fingerprint density at radius 3 is 3.22 bits per heavy atom. The van der Waals surface area contributed by atoms with Gasteiger partial charge >= 0.3 is 0 Å². The molecular formula is C11H13ClN4O2. The van der Waals surface area contributed by atoms with E-state index in [-0.39, 0.29) is 0 Å². The quantitative estimate of drug-likeness (QED) is 0.512. The average Bonchev–Trinajstić information content (AvgIpc) is 2.34. The van der Waals surface area contributed by atoms with Crippen LogP contribution in [0.1, 0.15) is 12.0 Å². The number of hydrogen-bond donors (Lipinski definition) is 1. The number of nitro groups is 1. The Balaban J connectivity index is 2.15. The summed E-state index contributed by atoms with van der Waals surface area (Å²) in [6, 6.07) is 3.67. The van der Waals surface area contributed by atoms with E-state index >= 15 is 0 Å². The number of halogens is 1. The van der Waals surface area contributed by atoms with Gasteiger partial charge in [-0.3, -0.25) is 10.1 Å². The molecular weight excluding hydrogens is 256 g/mol. The van der Waals surface area contributed by atoms with E-state index in [9.17, 15) is 10.1 Å². The van der Waals surface area contributed by atoms with Crippen LogP contribution in [0, 0.1) is 10.1 Å². The summed E-state index contributed by atoms with van der Waals surface area (Å²) in [5.74, 6) is 0.520. The Kier molecular flexibility index (Phi) is 3.99. The van der Waals surface area contributed by atoms with Crippen LogP contribution >= 0.6 is 11.6 Å². The summed E-state index contributed by atoms with van der Waals surface area (Å²) in [5.41, 5.74) is 0.858. The van der Waals surface area contributed by atoms with Crippen molar-refractivity contribution in [2.24, 2.45) is 0 Å². The number of aromatic nitrogens is 1. The van der Waals surface area contributed by atoms with Crippen molar-refractivity contribution >= 4 is 11.6 Å². The van der Waals surface area contributed by atoms with E-state index in [1.165, 1.54) is 0 Å². The normalized spacial score (nSPS) is 17.6. The molecule has 1 N–H and O–H groups in total. The molecule has 1 aromatic rings. The molecule has 1 aliphatic rings. The van der Waals surface area contributed by atoms with Crippen molar-refractivity contribution in [1.82, 2.24) is 15.2 Å². The molecule has 1 aliphatic heterocycles. The topological polar surface area (TPSA) is 71.3 Å². The Labute approximate surface area is 109 Å². The van der Waals surface area contributed by atoms with Gasteiger partial charge in [0.05, 0.1) is 4.92 Å². The predicted octanol–water partition coefficient (Wildman–Crippen LogP) is 1.61. The molecule has 0 atom stereocenters. The zero-order valence-electron chi connectivity index (χ0n) is 9.67. The van der Waals surface area contributed by atoms with E-state index < -0.39 is 4.92 Å². The fourth-order valence-corrected chi connectivity index (χ4v) is 2.03. The summed E-state index contributed by atoms with van der Waals surface area (Å²) >= 11 is 5.99. The molecule has 2 heterocycles. The lowest BCUT2D eigenvalue weighted by Gasteiger charge is -2.30. The molecule has 0 amide bonds. The second-order valence-electron chi connectivity index (χ2n) is 3.95. The summed E-state index contributed by atoms with van der Waals surface area (Å²) in [6.07, 6.45) is 3.55. The van der Waals surface area contributed by atoms with E-state index in [1.54, 1.807) is 12.3 Å². The van der Waals surface area contributed by atoms with Gasteiger partial charge in [0.2, 0.25) is 0 Å². The molecule has 7 heteroatoms. The maximum atomic E-state index is 10.6. The van der Waals surface area contributed by atoms with Crippen LogP contribution in [-0.4, -0.2) is 27.9 Å². The molecule has 6 nitrogen and oxygen atoms in total. The van der Waals surface area contributed by atoms with Gasteiger partial charge in [-0.15, -0.1) is 0 Å². The maximum Gasteiger partial charge on any atom is 0.274 e. The molecule has 1 saturated heterocycles. The molecule has 0 radical (unpaired) electrons. The second kappa shape index (κ2) is 5.68. The number of pyridine rings is 1. The minimum absolute atomic E-state index is 0.434. The highest BCUT2D eigenvalue weighted by molar-refractivity contribution is 6.30. The first kappa shape index (κ1) is 12.6. The summed E-state index contributed by atoms with van der Waals surface area (Å²) in [4.78, 5) is 16.0. The maximum absolute atomic E-state index is 10.6. The molecule has 1 fully saturated rings. The van der Waals surface area contributed by atoms with Crippen molar-refractivity contribution in [3.05, 3.63) is 51.2 Å². The van der Waals surface area contributed by atoms with Crippen molar-refractivity contribution in [1.29, 1.82) is 0 Å². The monoisotopic (exact) mass is 268 g/mol. The standard InChI is InChI=1S/C11H13ClN4O2/c12-11-9(3-1-4-14-11)7-15-6-2-5-13-10(15)8-16(17)18/h1,3-4,8,13H,2,5-7H2/b10-8+. The Morgan fingerprint density at radius 2 is 2.50 bits per heavy atom. The van der Waals surface area contributed by atoms with E-state index in [0.29, 0.717) is 17.5 Å². The van der Waals surface area contributed by atoms with Gasteiger partial charge in [-0.25, -0.2) is 4.98 Å². The van der Waals surface area contributed by atoms with Crippen molar-refractivity contribution in [2.75, 3.05) is 13.1 Å². The molecule has 0 unspecified atom stereocenters. The predicted molar refractivity (Wildman–Crippen MR) is 67.4 cm³/mol. The Bertz CT molecular complexity index is 478. The van der Waals surface area contributed by atoms with E-state index in [2.05, 4.69) is 10.3 Å². The summed E-state index contributed by atoms with van der Waals surface area (Å²) < 4.78 is 0. The van der Waals surface area contributed by atoms with E-state index in [1.807, 2.05) is 11.0 Å². The van der Waals surface area contributed by atoms with E-state index in [0.717, 1.165) is 31.3 Å². The van der Waals surface area contributed by atoms with Crippen LogP contribution in [0.3, 0.4) is 0 Å². The highest BCUT2D eigenvalue weighted by Gasteiger charge is 2.18. The minimum Gasteiger partial charge on any atom is -0.367 e. The molecule has 2 rings (SSSR count). The van der Waals surface area contributed by atoms with Crippen molar-refractivity contribution in [2.45, 2.75) is 13.0 Å². The number of nitrogens with one attached hydrogen (secondary N) is 1. The molecule has 0 spiro atoms. The molecule has 0 aromatic carbocycles. The van der Waals surface area contributed by atoms with Crippen molar-refractivity contribution in [3.63, 3.8) is 0 Å². The summed E-state index contributed by atoms with van der Waals surface area (Å²) in [7, 11) is 0. The highest BCUT2D eigenvalue weighted by atomic mass is 35.5. The SMILES string of the molecule is O=[N+]([O-])/C=C1\NCCCN1Cc1cccnc1Cl. The third kappa shape index (κ3) is 3.10. The number of rotatable bonds is 3. The Morgan fingerprint density at radius 1 is 1.67 bits per heavy atom. The fourth-order valence-electron chi connectivity index (χ4n) is 1.85. The lowest BCUT2D eigenvalue weighted by Crippen LogP contribution is -2.39. The largest absolute Gasteiger partial charge is 0.367 e. The molecule has 96 valence electrons. The van der Waals surface area contributed by atoms with Crippen LogP contribution in [0.2, 0.25) is 5.15 Å². The average molecular weight is 269 g/mol. The highest BCUT2D eigenvalue weighted by Crippen LogP contribution is 2.18. The van der Waals surface area contributed by atoms with Crippen molar-refractivity contribution < 1.29 is 4.92 Å². The van der Waals surface area contributed by atoms with Gasteiger partial charge in [0.15, 0.2) is 5.82 Å². The van der Waals surface area contributed by atoms with Gasteiger partial charge in [-0.1, -0.05) is 17.7 Å². The third-order valence-electron chi connectivity index (χ3n) is 2.68.